The third-order valence-electron chi connectivity index (χ3n) is 3.51. The number of carbonyl (C=O) groups is 2. The molecule has 5 heteroatoms. The molecule has 1 saturated heterocycles. The van der Waals surface area contributed by atoms with Crippen molar-refractivity contribution in [2.75, 3.05) is 6.54 Å². The molecule has 2 unspecified atom stereocenters. The minimum absolute atomic E-state index is 0.147. The Bertz CT molecular complexity index is 375. The summed E-state index contributed by atoms with van der Waals surface area (Å²) in [7, 11) is 0. The van der Waals surface area contributed by atoms with E-state index in [9.17, 15) is 14.7 Å². The molecule has 1 aliphatic rings. The van der Waals surface area contributed by atoms with Crippen molar-refractivity contribution in [3.63, 3.8) is 0 Å². The maximum Gasteiger partial charge on any atom is 0.329 e. The zero-order valence-corrected chi connectivity index (χ0v) is 10.9. The van der Waals surface area contributed by atoms with Gasteiger partial charge in [0.15, 0.2) is 0 Å². The summed E-state index contributed by atoms with van der Waals surface area (Å²) < 4.78 is 0. The Balaban J connectivity index is 2.78. The van der Waals surface area contributed by atoms with Crippen molar-refractivity contribution in [3.05, 3.63) is 0 Å². The maximum atomic E-state index is 12.1. The number of likely N-dealkylation sites (tertiary alicyclic amines) is 1. The summed E-state index contributed by atoms with van der Waals surface area (Å²) in [4.78, 5) is 25.0. The van der Waals surface area contributed by atoms with Crippen LogP contribution in [0, 0.1) is 12.3 Å². The van der Waals surface area contributed by atoms with Gasteiger partial charge in [-0.05, 0) is 26.2 Å². The van der Waals surface area contributed by atoms with E-state index in [1.165, 1.54) is 4.90 Å². The molecule has 0 aromatic carbocycles. The lowest BCUT2D eigenvalue weighted by atomic mass is 9.93. The zero-order chi connectivity index (χ0) is 13.8. The van der Waals surface area contributed by atoms with Crippen LogP contribution in [0.15, 0.2) is 0 Å². The van der Waals surface area contributed by atoms with Crippen molar-refractivity contribution in [2.45, 2.75) is 51.1 Å². The van der Waals surface area contributed by atoms with E-state index in [1.807, 2.05) is 6.92 Å². The van der Waals surface area contributed by atoms with Crippen molar-refractivity contribution in [2.24, 2.45) is 0 Å². The van der Waals surface area contributed by atoms with Crippen LogP contribution >= 0.6 is 0 Å². The average Bonchev–Trinajstić information content (AvgIpc) is 2.73. The Morgan fingerprint density at radius 1 is 1.61 bits per heavy atom. The van der Waals surface area contributed by atoms with Gasteiger partial charge in [0.05, 0.1) is 0 Å². The van der Waals surface area contributed by atoms with Crippen molar-refractivity contribution in [1.29, 1.82) is 0 Å². The quantitative estimate of drug-likeness (QED) is 0.744. The molecular formula is C13H20N2O3. The highest BCUT2D eigenvalue weighted by molar-refractivity contribution is 5.87. The first-order chi connectivity index (χ1) is 8.47. The first-order valence-corrected chi connectivity index (χ1v) is 6.23. The molecular weight excluding hydrogens is 232 g/mol. The number of urea groups is 1. The smallest absolute Gasteiger partial charge is 0.329 e. The predicted molar refractivity (Wildman–Crippen MR) is 68.0 cm³/mol. The number of hydrogen-bond donors (Lipinski definition) is 2. The van der Waals surface area contributed by atoms with Crippen LogP contribution in [0.1, 0.15) is 39.5 Å². The lowest BCUT2D eigenvalue weighted by Gasteiger charge is -2.34. The third-order valence-corrected chi connectivity index (χ3v) is 3.51. The van der Waals surface area contributed by atoms with Gasteiger partial charge in [0.2, 0.25) is 0 Å². The second kappa shape index (κ2) is 5.76. The Morgan fingerprint density at radius 3 is 2.78 bits per heavy atom. The monoisotopic (exact) mass is 252 g/mol. The van der Waals surface area contributed by atoms with E-state index < -0.39 is 11.5 Å². The fourth-order valence-corrected chi connectivity index (χ4v) is 2.43. The van der Waals surface area contributed by atoms with Gasteiger partial charge in [-0.2, -0.15) is 0 Å². The summed E-state index contributed by atoms with van der Waals surface area (Å²) in [5.41, 5.74) is -1.06. The van der Waals surface area contributed by atoms with Gasteiger partial charge in [-0.25, -0.2) is 9.59 Å². The summed E-state index contributed by atoms with van der Waals surface area (Å²) in [5.74, 6) is 1.54. The normalized spacial score (nSPS) is 24.4. The van der Waals surface area contributed by atoms with E-state index in [1.54, 1.807) is 6.92 Å². The summed E-state index contributed by atoms with van der Waals surface area (Å²) in [5, 5.41) is 12.1. The number of rotatable bonds is 4. The number of nitrogens with one attached hydrogen (secondary N) is 1. The van der Waals surface area contributed by atoms with Crippen LogP contribution in [0.3, 0.4) is 0 Å². The molecule has 5 nitrogen and oxygen atoms in total. The molecule has 1 fully saturated rings. The largest absolute Gasteiger partial charge is 0.479 e. The predicted octanol–water partition coefficient (Wildman–Crippen LogP) is 1.44. The van der Waals surface area contributed by atoms with Crippen molar-refractivity contribution in [3.8, 4) is 12.3 Å². The number of carboxylic acid groups (broad SMARTS) is 1. The average molecular weight is 252 g/mol. The van der Waals surface area contributed by atoms with E-state index in [0.29, 0.717) is 25.8 Å². The molecule has 1 heterocycles. The number of nitrogens with zero attached hydrogens (tertiary/aromatic N) is 1. The summed E-state index contributed by atoms with van der Waals surface area (Å²) in [6.45, 7) is 4.08. The fraction of sp³-hybridized carbons (Fsp3) is 0.692. The van der Waals surface area contributed by atoms with Crippen LogP contribution in [0.4, 0.5) is 4.79 Å². The van der Waals surface area contributed by atoms with Gasteiger partial charge in [0.1, 0.15) is 5.54 Å². The third kappa shape index (κ3) is 2.58. The lowest BCUT2D eigenvalue weighted by molar-refractivity contribution is -0.148. The second-order valence-electron chi connectivity index (χ2n) is 4.70. The first-order valence-electron chi connectivity index (χ1n) is 6.23. The van der Waals surface area contributed by atoms with Crippen molar-refractivity contribution in [1.82, 2.24) is 10.2 Å². The number of terminal acetylenes is 1. The van der Waals surface area contributed by atoms with Crippen molar-refractivity contribution < 1.29 is 14.7 Å². The Morgan fingerprint density at radius 2 is 2.28 bits per heavy atom. The molecule has 2 amide bonds. The van der Waals surface area contributed by atoms with Crippen LogP contribution in [-0.2, 0) is 4.79 Å². The van der Waals surface area contributed by atoms with Gasteiger partial charge in [0.25, 0.3) is 0 Å². The SMILES string of the molecule is C#CCC(C)NC(=O)N1CCCC1(CC)C(=O)O. The van der Waals surface area contributed by atoms with Gasteiger partial charge >= 0.3 is 12.0 Å². The van der Waals surface area contributed by atoms with Crippen LogP contribution in [0.2, 0.25) is 0 Å². The fourth-order valence-electron chi connectivity index (χ4n) is 2.43. The van der Waals surface area contributed by atoms with Gasteiger partial charge in [-0.15, -0.1) is 12.3 Å². The number of aliphatic carboxylic acids is 1. The lowest BCUT2D eigenvalue weighted by Crippen LogP contribution is -2.56. The second-order valence-corrected chi connectivity index (χ2v) is 4.70. The topological polar surface area (TPSA) is 69.6 Å². The molecule has 2 N–H and O–H groups in total. The van der Waals surface area contributed by atoms with Gasteiger partial charge in [-0.1, -0.05) is 6.92 Å². The number of carboxylic acids is 1. The van der Waals surface area contributed by atoms with Crippen LogP contribution in [-0.4, -0.2) is 40.1 Å². The van der Waals surface area contributed by atoms with E-state index in [4.69, 9.17) is 6.42 Å². The molecule has 0 aliphatic carbocycles. The highest BCUT2D eigenvalue weighted by Gasteiger charge is 2.48. The zero-order valence-electron chi connectivity index (χ0n) is 10.9. The molecule has 0 aromatic heterocycles. The molecule has 0 bridgehead atoms. The number of amides is 2. The first kappa shape index (κ1) is 14.4. The van der Waals surface area contributed by atoms with E-state index in [-0.39, 0.29) is 12.1 Å². The molecule has 0 spiro atoms. The molecule has 1 rings (SSSR count). The summed E-state index contributed by atoms with van der Waals surface area (Å²) in [6.07, 6.45) is 7.26. The highest BCUT2D eigenvalue weighted by atomic mass is 16.4. The molecule has 1 aliphatic heterocycles. The summed E-state index contributed by atoms with van der Waals surface area (Å²) >= 11 is 0. The molecule has 0 saturated carbocycles. The van der Waals surface area contributed by atoms with Crippen LogP contribution < -0.4 is 5.32 Å². The Hall–Kier alpha value is -1.70. The van der Waals surface area contributed by atoms with Gasteiger partial charge < -0.3 is 15.3 Å². The molecule has 0 aromatic rings. The van der Waals surface area contributed by atoms with Gasteiger partial charge in [-0.3, -0.25) is 0 Å². The highest BCUT2D eigenvalue weighted by Crippen LogP contribution is 2.32. The number of carbonyl (C=O) groups excluding carboxylic acids is 1. The maximum absolute atomic E-state index is 12.1. The Kier molecular flexibility index (Phi) is 4.60. The van der Waals surface area contributed by atoms with E-state index in [0.717, 1.165) is 6.42 Å². The minimum Gasteiger partial charge on any atom is -0.479 e. The number of hydrogen-bond acceptors (Lipinski definition) is 2. The van der Waals surface area contributed by atoms with E-state index in [2.05, 4.69) is 11.2 Å². The standard InChI is InChI=1S/C13H20N2O3/c1-4-7-10(3)14-12(18)15-9-6-8-13(15,5-2)11(16)17/h1,10H,5-9H2,2-3H3,(H,14,18)(H,16,17). The Labute approximate surface area is 108 Å². The molecule has 18 heavy (non-hydrogen) atoms. The van der Waals surface area contributed by atoms with Crippen molar-refractivity contribution >= 4 is 12.0 Å². The summed E-state index contributed by atoms with van der Waals surface area (Å²) in [6, 6.07) is -0.481. The van der Waals surface area contributed by atoms with Crippen LogP contribution in [0.25, 0.3) is 0 Å². The molecule has 100 valence electrons. The van der Waals surface area contributed by atoms with Crippen LogP contribution in [0.5, 0.6) is 0 Å². The molecule has 0 radical (unpaired) electrons. The molecule has 2 atom stereocenters. The van der Waals surface area contributed by atoms with E-state index >= 15 is 0 Å². The minimum atomic E-state index is -1.06. The van der Waals surface area contributed by atoms with Gasteiger partial charge in [0, 0.05) is 19.0 Å².